The molecule has 0 heterocycles. The summed E-state index contributed by atoms with van der Waals surface area (Å²) in [4.78, 5) is 10.6. The van der Waals surface area contributed by atoms with Crippen LogP contribution in [0.1, 0.15) is 18.1 Å². The monoisotopic (exact) mass is 224 g/mol. The summed E-state index contributed by atoms with van der Waals surface area (Å²) in [5, 5.41) is 8.75. The number of benzene rings is 1. The summed E-state index contributed by atoms with van der Waals surface area (Å²) in [5.74, 6) is -0.291. The Morgan fingerprint density at radius 2 is 2.19 bits per heavy atom. The predicted octanol–water partition coefficient (Wildman–Crippen LogP) is 1.99. The van der Waals surface area contributed by atoms with E-state index in [-0.39, 0.29) is 13.2 Å². The second-order valence-electron chi connectivity index (χ2n) is 3.44. The lowest BCUT2D eigenvalue weighted by atomic mass is 10.1. The topological polar surface area (TPSA) is 55.8 Å². The van der Waals surface area contributed by atoms with Crippen LogP contribution in [0.25, 0.3) is 0 Å². The molecule has 4 nitrogen and oxygen atoms in total. The molecule has 1 aromatic rings. The average Bonchev–Trinajstić information content (AvgIpc) is 2.22. The Kier molecular flexibility index (Phi) is 4.79. The van der Waals surface area contributed by atoms with Crippen LogP contribution in [0.4, 0.5) is 0 Å². The quantitative estimate of drug-likeness (QED) is 0.593. The highest BCUT2D eigenvalue weighted by molar-refractivity contribution is 5.71. The zero-order valence-corrected chi connectivity index (χ0v) is 9.53. The highest BCUT2D eigenvalue weighted by Crippen LogP contribution is 2.21. The molecule has 0 saturated carbocycles. The Morgan fingerprint density at radius 1 is 1.44 bits per heavy atom. The summed E-state index contributed by atoms with van der Waals surface area (Å²) >= 11 is 0. The van der Waals surface area contributed by atoms with Gasteiger partial charge in [-0.3, -0.25) is 4.79 Å². The van der Waals surface area contributed by atoms with Crippen LogP contribution in [0.2, 0.25) is 0 Å². The van der Waals surface area contributed by atoms with Crippen molar-refractivity contribution < 1.29 is 19.4 Å². The minimum Gasteiger partial charge on any atom is -0.481 e. The molecule has 1 aromatic carbocycles. The van der Waals surface area contributed by atoms with Gasteiger partial charge in [-0.05, 0) is 25.5 Å². The predicted molar refractivity (Wildman–Crippen MR) is 59.6 cm³/mol. The van der Waals surface area contributed by atoms with Gasteiger partial charge in [0.15, 0.2) is 6.79 Å². The fourth-order valence-electron chi connectivity index (χ4n) is 1.29. The largest absolute Gasteiger partial charge is 0.481 e. The maximum Gasteiger partial charge on any atom is 0.307 e. The molecule has 0 aliphatic rings. The molecule has 0 spiro atoms. The van der Waals surface area contributed by atoms with Crippen LogP contribution >= 0.6 is 0 Å². The summed E-state index contributed by atoms with van der Waals surface area (Å²) in [5.41, 5.74) is 1.69. The zero-order valence-electron chi connectivity index (χ0n) is 9.53. The number of hydrogen-bond donors (Lipinski definition) is 1. The number of aliphatic carboxylic acids is 1. The van der Waals surface area contributed by atoms with Crippen molar-refractivity contribution in [1.82, 2.24) is 0 Å². The van der Waals surface area contributed by atoms with E-state index in [2.05, 4.69) is 0 Å². The van der Waals surface area contributed by atoms with E-state index < -0.39 is 5.97 Å². The fourth-order valence-corrected chi connectivity index (χ4v) is 1.29. The van der Waals surface area contributed by atoms with Crippen LogP contribution in [-0.4, -0.2) is 24.5 Å². The van der Waals surface area contributed by atoms with Crippen molar-refractivity contribution in [2.24, 2.45) is 0 Å². The Balaban J connectivity index is 2.76. The number of hydrogen-bond acceptors (Lipinski definition) is 3. The van der Waals surface area contributed by atoms with Crippen molar-refractivity contribution >= 4 is 5.97 Å². The number of aryl methyl sites for hydroxylation is 1. The van der Waals surface area contributed by atoms with Gasteiger partial charge in [-0.25, -0.2) is 0 Å². The molecular weight excluding hydrogens is 208 g/mol. The van der Waals surface area contributed by atoms with Crippen LogP contribution in [0.15, 0.2) is 18.2 Å². The fraction of sp³-hybridized carbons (Fsp3) is 0.417. The van der Waals surface area contributed by atoms with Gasteiger partial charge in [0.05, 0.1) is 6.42 Å². The molecule has 0 aliphatic heterocycles. The van der Waals surface area contributed by atoms with Crippen molar-refractivity contribution in [1.29, 1.82) is 0 Å². The standard InChI is InChI=1S/C12H16O4/c1-3-15-8-16-11-6-9(2)4-5-10(11)7-12(13)14/h4-6H,3,7-8H2,1-2H3,(H,13,14). The summed E-state index contributed by atoms with van der Waals surface area (Å²) < 4.78 is 10.4. The van der Waals surface area contributed by atoms with Crippen molar-refractivity contribution in [2.75, 3.05) is 13.4 Å². The number of carboxylic acid groups (broad SMARTS) is 1. The Hall–Kier alpha value is -1.55. The average molecular weight is 224 g/mol. The molecule has 1 rings (SSSR count). The molecule has 0 unspecified atom stereocenters. The molecule has 0 aliphatic carbocycles. The minimum atomic E-state index is -0.870. The molecule has 16 heavy (non-hydrogen) atoms. The van der Waals surface area contributed by atoms with Gasteiger partial charge in [0.1, 0.15) is 5.75 Å². The lowest BCUT2D eigenvalue weighted by Crippen LogP contribution is -2.07. The van der Waals surface area contributed by atoms with Crippen LogP contribution in [-0.2, 0) is 16.0 Å². The molecule has 0 aromatic heterocycles. The van der Waals surface area contributed by atoms with Gasteiger partial charge < -0.3 is 14.6 Å². The van der Waals surface area contributed by atoms with Crippen molar-refractivity contribution in [3.63, 3.8) is 0 Å². The summed E-state index contributed by atoms with van der Waals surface area (Å²) in [7, 11) is 0. The smallest absolute Gasteiger partial charge is 0.307 e. The molecular formula is C12H16O4. The van der Waals surface area contributed by atoms with Gasteiger partial charge in [-0.2, -0.15) is 0 Å². The molecule has 0 radical (unpaired) electrons. The van der Waals surface area contributed by atoms with Gasteiger partial charge in [0.2, 0.25) is 0 Å². The Bertz CT molecular complexity index is 360. The second kappa shape index (κ2) is 6.12. The van der Waals surface area contributed by atoms with E-state index in [4.69, 9.17) is 14.6 Å². The normalized spacial score (nSPS) is 10.1. The van der Waals surface area contributed by atoms with E-state index in [0.717, 1.165) is 5.56 Å². The lowest BCUT2D eigenvalue weighted by molar-refractivity contribution is -0.136. The molecule has 0 amide bonds. The minimum absolute atomic E-state index is 0.0399. The summed E-state index contributed by atoms with van der Waals surface area (Å²) in [6, 6.07) is 5.45. The molecule has 0 fully saturated rings. The summed E-state index contributed by atoms with van der Waals surface area (Å²) in [6.07, 6.45) is -0.0399. The molecule has 0 bridgehead atoms. The third-order valence-electron chi connectivity index (χ3n) is 2.07. The van der Waals surface area contributed by atoms with E-state index >= 15 is 0 Å². The molecule has 0 saturated heterocycles. The van der Waals surface area contributed by atoms with Gasteiger partial charge in [0.25, 0.3) is 0 Å². The highest BCUT2D eigenvalue weighted by Gasteiger charge is 2.08. The lowest BCUT2D eigenvalue weighted by Gasteiger charge is -2.10. The van der Waals surface area contributed by atoms with Gasteiger partial charge in [-0.1, -0.05) is 12.1 Å². The van der Waals surface area contributed by atoms with Crippen molar-refractivity contribution in [3.8, 4) is 5.75 Å². The highest BCUT2D eigenvalue weighted by atomic mass is 16.7. The maximum atomic E-state index is 10.6. The second-order valence-corrected chi connectivity index (χ2v) is 3.44. The van der Waals surface area contributed by atoms with E-state index in [1.807, 2.05) is 26.0 Å². The SMILES string of the molecule is CCOCOc1cc(C)ccc1CC(=O)O. The van der Waals surface area contributed by atoms with E-state index in [0.29, 0.717) is 17.9 Å². The van der Waals surface area contributed by atoms with Crippen molar-refractivity contribution in [2.45, 2.75) is 20.3 Å². The van der Waals surface area contributed by atoms with Gasteiger partial charge in [0, 0.05) is 12.2 Å². The third kappa shape index (κ3) is 3.90. The first kappa shape index (κ1) is 12.5. The number of carbonyl (C=O) groups is 1. The van der Waals surface area contributed by atoms with Gasteiger partial charge in [-0.15, -0.1) is 0 Å². The van der Waals surface area contributed by atoms with E-state index in [9.17, 15) is 4.79 Å². The van der Waals surface area contributed by atoms with Crippen LogP contribution in [0.3, 0.4) is 0 Å². The zero-order chi connectivity index (χ0) is 12.0. The number of carboxylic acids is 1. The van der Waals surface area contributed by atoms with E-state index in [1.165, 1.54) is 0 Å². The molecule has 4 heteroatoms. The molecule has 88 valence electrons. The molecule has 0 atom stereocenters. The summed E-state index contributed by atoms with van der Waals surface area (Å²) in [6.45, 7) is 4.52. The van der Waals surface area contributed by atoms with Crippen molar-refractivity contribution in [3.05, 3.63) is 29.3 Å². The van der Waals surface area contributed by atoms with Crippen LogP contribution < -0.4 is 4.74 Å². The first-order valence-electron chi connectivity index (χ1n) is 5.15. The Labute approximate surface area is 94.8 Å². The maximum absolute atomic E-state index is 10.6. The number of ether oxygens (including phenoxy) is 2. The number of rotatable bonds is 6. The van der Waals surface area contributed by atoms with Gasteiger partial charge >= 0.3 is 5.97 Å². The van der Waals surface area contributed by atoms with Crippen LogP contribution in [0, 0.1) is 6.92 Å². The Morgan fingerprint density at radius 3 is 2.81 bits per heavy atom. The van der Waals surface area contributed by atoms with Crippen LogP contribution in [0.5, 0.6) is 5.75 Å². The molecule has 1 N–H and O–H groups in total. The van der Waals surface area contributed by atoms with E-state index in [1.54, 1.807) is 6.07 Å². The first-order chi connectivity index (χ1) is 7.63. The first-order valence-corrected chi connectivity index (χ1v) is 5.15. The third-order valence-corrected chi connectivity index (χ3v) is 2.07.